The topological polar surface area (TPSA) is 106 Å². The molecule has 0 bridgehead atoms. The van der Waals surface area contributed by atoms with E-state index in [1.165, 1.54) is 0 Å². The van der Waals surface area contributed by atoms with Gasteiger partial charge in [0.15, 0.2) is 5.71 Å². The fraction of sp³-hybridized carbons (Fsp3) is 0.333. The third kappa shape index (κ3) is 2.62. The molecule has 0 aliphatic rings. The summed E-state index contributed by atoms with van der Waals surface area (Å²) >= 11 is 0. The molecule has 0 fully saturated rings. The first-order chi connectivity index (χ1) is 4.22. The van der Waals surface area contributed by atoms with E-state index in [2.05, 4.69) is 10.3 Å². The van der Waals surface area contributed by atoms with Crippen molar-refractivity contribution in [1.29, 1.82) is 0 Å². The van der Waals surface area contributed by atoms with Gasteiger partial charge < -0.3 is 20.6 Å². The first-order valence-electron chi connectivity index (χ1n) is 1.98. The fourth-order valence-corrected chi connectivity index (χ4v) is 0.203. The summed E-state index contributed by atoms with van der Waals surface area (Å²) in [5.41, 5.74) is -0.530. The molecule has 0 heterocycles. The quantitative estimate of drug-likeness (QED) is 0.161. The average molecular weight is 134 g/mol. The van der Waals surface area contributed by atoms with Crippen molar-refractivity contribution in [3.63, 3.8) is 0 Å². The van der Waals surface area contributed by atoms with Crippen molar-refractivity contribution in [2.24, 2.45) is 10.3 Å². The lowest BCUT2D eigenvalue weighted by molar-refractivity contribution is 0.0192. The molecular weight excluding hydrogens is 128 g/mol. The number of rotatable bonds is 2. The van der Waals surface area contributed by atoms with Gasteiger partial charge in [0.1, 0.15) is 0 Å². The summed E-state index contributed by atoms with van der Waals surface area (Å²) < 4.78 is 0. The van der Waals surface area contributed by atoms with Crippen LogP contribution in [0, 0.1) is 0 Å². The van der Waals surface area contributed by atoms with Gasteiger partial charge in [0.2, 0.25) is 6.29 Å². The molecule has 6 heteroatoms. The van der Waals surface area contributed by atoms with Crippen molar-refractivity contribution in [1.82, 2.24) is 0 Å². The van der Waals surface area contributed by atoms with Crippen molar-refractivity contribution in [2.45, 2.75) is 6.29 Å². The lowest BCUT2D eigenvalue weighted by atomic mass is 10.4. The smallest absolute Gasteiger partial charge is 0.201 e. The van der Waals surface area contributed by atoms with Gasteiger partial charge in [-0.3, -0.25) is 0 Å². The summed E-state index contributed by atoms with van der Waals surface area (Å²) in [4.78, 5) is 0. The predicted molar refractivity (Wildman–Crippen MR) is 27.7 cm³/mol. The van der Waals surface area contributed by atoms with Crippen LogP contribution in [0.25, 0.3) is 0 Å². The molecule has 0 unspecified atom stereocenters. The lowest BCUT2D eigenvalue weighted by Gasteiger charge is -1.96. The van der Waals surface area contributed by atoms with Crippen molar-refractivity contribution in [3.8, 4) is 0 Å². The molecule has 4 N–H and O–H groups in total. The Hall–Kier alpha value is -1.14. The third-order valence-corrected chi connectivity index (χ3v) is 0.570. The number of oxime groups is 2. The molecule has 0 aliphatic heterocycles. The van der Waals surface area contributed by atoms with Gasteiger partial charge in [-0.15, -0.1) is 0 Å². The molecule has 52 valence electrons. The molecule has 0 amide bonds. The number of hydrogen-bond donors (Lipinski definition) is 4. The summed E-state index contributed by atoms with van der Waals surface area (Å²) in [7, 11) is 0. The van der Waals surface area contributed by atoms with Crippen LogP contribution in [-0.2, 0) is 0 Å². The van der Waals surface area contributed by atoms with Crippen LogP contribution in [-0.4, -0.2) is 38.8 Å². The van der Waals surface area contributed by atoms with E-state index in [4.69, 9.17) is 20.6 Å². The minimum Gasteiger partial charge on any atom is -0.411 e. The predicted octanol–water partition coefficient (Wildman–Crippen LogP) is -1.41. The maximum Gasteiger partial charge on any atom is 0.201 e. The van der Waals surface area contributed by atoms with E-state index in [9.17, 15) is 0 Å². The third-order valence-electron chi connectivity index (χ3n) is 0.570. The monoisotopic (exact) mass is 134 g/mol. The van der Waals surface area contributed by atoms with Crippen LogP contribution in [0.3, 0.4) is 0 Å². The Labute approximate surface area is 50.3 Å². The Morgan fingerprint density at radius 1 is 1.33 bits per heavy atom. The largest absolute Gasteiger partial charge is 0.411 e. The normalized spacial score (nSPS) is 13.4. The van der Waals surface area contributed by atoms with Gasteiger partial charge >= 0.3 is 0 Å². The summed E-state index contributed by atoms with van der Waals surface area (Å²) in [6.07, 6.45) is -1.32. The molecule has 0 spiro atoms. The maximum atomic E-state index is 8.21. The van der Waals surface area contributed by atoms with Crippen LogP contribution in [0.15, 0.2) is 10.3 Å². The molecule has 0 rings (SSSR count). The molecule has 0 atom stereocenters. The van der Waals surface area contributed by atoms with Crippen LogP contribution >= 0.6 is 0 Å². The summed E-state index contributed by atoms with van der Waals surface area (Å²) in [5, 5.41) is 36.9. The van der Waals surface area contributed by atoms with Gasteiger partial charge in [-0.05, 0) is 0 Å². The fourth-order valence-electron chi connectivity index (χ4n) is 0.203. The minimum absolute atomic E-state index is 0.530. The SMILES string of the molecule is ON=CC(=NO)C(O)O. The number of aliphatic hydroxyl groups excluding tert-OH is 1. The zero-order chi connectivity index (χ0) is 7.28. The Bertz CT molecular complexity index is 130. The second-order valence-corrected chi connectivity index (χ2v) is 1.14. The van der Waals surface area contributed by atoms with Crippen LogP contribution in [0.5, 0.6) is 0 Å². The second kappa shape index (κ2) is 3.81. The van der Waals surface area contributed by atoms with Crippen LogP contribution < -0.4 is 0 Å². The van der Waals surface area contributed by atoms with Crippen molar-refractivity contribution in [3.05, 3.63) is 0 Å². The summed E-state index contributed by atoms with van der Waals surface area (Å²) in [5.74, 6) is 0. The summed E-state index contributed by atoms with van der Waals surface area (Å²) in [6, 6.07) is 0. The zero-order valence-electron chi connectivity index (χ0n) is 4.34. The Balaban J connectivity index is 4.01. The van der Waals surface area contributed by atoms with Crippen LogP contribution in [0.4, 0.5) is 0 Å². The van der Waals surface area contributed by atoms with Gasteiger partial charge in [-0.1, -0.05) is 10.3 Å². The minimum atomic E-state index is -1.93. The standard InChI is InChI=1S/C3H6N2O4/c6-3(7)2(5-9)1-4-8/h1,3,6-9H. The molecule has 0 saturated heterocycles. The van der Waals surface area contributed by atoms with Crippen LogP contribution in [0.2, 0.25) is 0 Å². The second-order valence-electron chi connectivity index (χ2n) is 1.14. The van der Waals surface area contributed by atoms with Crippen molar-refractivity contribution < 1.29 is 20.6 Å². The van der Waals surface area contributed by atoms with Crippen molar-refractivity contribution >= 4 is 11.9 Å². The first kappa shape index (κ1) is 7.86. The van der Waals surface area contributed by atoms with E-state index in [-0.39, 0.29) is 0 Å². The Morgan fingerprint density at radius 2 is 1.89 bits per heavy atom. The van der Waals surface area contributed by atoms with Gasteiger partial charge in [-0.2, -0.15) is 0 Å². The highest BCUT2D eigenvalue weighted by Crippen LogP contribution is 1.78. The highest BCUT2D eigenvalue weighted by molar-refractivity contribution is 6.31. The first-order valence-corrected chi connectivity index (χ1v) is 1.98. The highest BCUT2D eigenvalue weighted by Gasteiger charge is 2.04. The van der Waals surface area contributed by atoms with Crippen LogP contribution in [0.1, 0.15) is 0 Å². The number of nitrogens with zero attached hydrogens (tertiary/aromatic N) is 2. The van der Waals surface area contributed by atoms with Gasteiger partial charge in [0.05, 0.1) is 6.21 Å². The van der Waals surface area contributed by atoms with Gasteiger partial charge in [-0.25, -0.2) is 0 Å². The Kier molecular flexibility index (Phi) is 3.33. The number of aliphatic hydroxyl groups is 2. The van der Waals surface area contributed by atoms with E-state index in [1.807, 2.05) is 0 Å². The zero-order valence-corrected chi connectivity index (χ0v) is 4.34. The van der Waals surface area contributed by atoms with Gasteiger partial charge in [0, 0.05) is 0 Å². The van der Waals surface area contributed by atoms with E-state index in [0.29, 0.717) is 6.21 Å². The molecule has 0 aromatic carbocycles. The molecule has 0 aromatic heterocycles. The van der Waals surface area contributed by atoms with E-state index in [0.717, 1.165) is 0 Å². The van der Waals surface area contributed by atoms with Crippen molar-refractivity contribution in [2.75, 3.05) is 0 Å². The Morgan fingerprint density at radius 3 is 2.00 bits per heavy atom. The van der Waals surface area contributed by atoms with Gasteiger partial charge in [0.25, 0.3) is 0 Å². The molecule has 9 heavy (non-hydrogen) atoms. The van der Waals surface area contributed by atoms with E-state index >= 15 is 0 Å². The molecule has 0 radical (unpaired) electrons. The molecule has 6 nitrogen and oxygen atoms in total. The van der Waals surface area contributed by atoms with E-state index in [1.54, 1.807) is 0 Å². The molecule has 0 aromatic rings. The highest BCUT2D eigenvalue weighted by atomic mass is 16.5. The molecular formula is C3H6N2O4. The lowest BCUT2D eigenvalue weighted by Crippen LogP contribution is -2.20. The number of hydrogen-bond acceptors (Lipinski definition) is 6. The maximum absolute atomic E-state index is 8.21. The summed E-state index contributed by atoms with van der Waals surface area (Å²) in [6.45, 7) is 0. The molecule has 0 saturated carbocycles. The van der Waals surface area contributed by atoms with E-state index < -0.39 is 12.0 Å². The molecule has 0 aliphatic carbocycles. The average Bonchev–Trinajstić information content (AvgIpc) is 1.82.